The molecule has 5 N–H and O–H groups in total. The van der Waals surface area contributed by atoms with Crippen molar-refractivity contribution in [3.05, 3.63) is 35.9 Å². The normalized spacial score (nSPS) is 21.2. The summed E-state index contributed by atoms with van der Waals surface area (Å²) >= 11 is 13.0. The summed E-state index contributed by atoms with van der Waals surface area (Å²) in [5.41, 5.74) is -0.411. The van der Waals surface area contributed by atoms with Crippen LogP contribution in [0.25, 0.3) is 0 Å². The second-order valence-electron chi connectivity index (χ2n) is 14.0. The number of nitrogens with zero attached hydrogens (tertiary/aromatic N) is 1. The summed E-state index contributed by atoms with van der Waals surface area (Å²) in [5.74, 6) is -4.61. The van der Waals surface area contributed by atoms with Crippen LogP contribution in [0.5, 0.6) is 0 Å². The number of ketones is 1. The van der Waals surface area contributed by atoms with Crippen molar-refractivity contribution in [3.63, 3.8) is 0 Å². The summed E-state index contributed by atoms with van der Waals surface area (Å²) in [5, 5.41) is 13.2. The highest BCUT2D eigenvalue weighted by Crippen LogP contribution is 2.65. The SMILES string of the molecule is CCCC(NC(=O)[C@@H]1[C@@H]2C(CN1C(=O)[C@@H](NC(=O)NC(C)(C)C)C(C)(C)C)C2(Cl)Cl)C(=O)C(=O)NCC(=O)NCc1ccccc1. The lowest BCUT2D eigenvalue weighted by Crippen LogP contribution is -2.62. The van der Waals surface area contributed by atoms with E-state index in [1.165, 1.54) is 4.90 Å². The molecular formula is C32H46Cl2N6O6. The number of alkyl halides is 2. The molecule has 1 heterocycles. The Hall–Kier alpha value is -3.38. The van der Waals surface area contributed by atoms with Crippen LogP contribution in [0.4, 0.5) is 4.79 Å². The van der Waals surface area contributed by atoms with Gasteiger partial charge in [-0.05, 0) is 38.2 Å². The van der Waals surface area contributed by atoms with Gasteiger partial charge in [-0.15, -0.1) is 23.2 Å². The molecule has 1 saturated carbocycles. The van der Waals surface area contributed by atoms with Crippen molar-refractivity contribution in [2.45, 2.75) is 95.9 Å². The fraction of sp³-hybridized carbons (Fsp3) is 0.625. The van der Waals surface area contributed by atoms with E-state index in [1.54, 1.807) is 27.7 Å². The maximum Gasteiger partial charge on any atom is 0.315 e. The molecule has 14 heteroatoms. The van der Waals surface area contributed by atoms with E-state index >= 15 is 0 Å². The van der Waals surface area contributed by atoms with Crippen LogP contribution in [0.1, 0.15) is 66.9 Å². The second kappa shape index (κ2) is 14.6. The molecule has 0 radical (unpaired) electrons. The van der Waals surface area contributed by atoms with E-state index in [9.17, 15) is 28.8 Å². The number of piperidine rings is 1. The van der Waals surface area contributed by atoms with Crippen molar-refractivity contribution in [2.24, 2.45) is 17.3 Å². The highest BCUT2D eigenvalue weighted by atomic mass is 35.5. The van der Waals surface area contributed by atoms with Gasteiger partial charge >= 0.3 is 6.03 Å². The molecule has 254 valence electrons. The Morgan fingerprint density at radius 2 is 1.59 bits per heavy atom. The van der Waals surface area contributed by atoms with Gasteiger partial charge in [0.15, 0.2) is 0 Å². The third-order valence-corrected chi connectivity index (χ3v) is 9.00. The molecule has 2 aliphatic rings. The van der Waals surface area contributed by atoms with E-state index in [1.807, 2.05) is 51.1 Å². The zero-order valence-corrected chi connectivity index (χ0v) is 29.0. The molecule has 1 saturated heterocycles. The number of urea groups is 1. The number of benzene rings is 1. The number of carbonyl (C=O) groups is 6. The van der Waals surface area contributed by atoms with E-state index in [2.05, 4.69) is 26.6 Å². The highest BCUT2D eigenvalue weighted by Gasteiger charge is 2.74. The monoisotopic (exact) mass is 680 g/mol. The Morgan fingerprint density at radius 3 is 2.15 bits per heavy atom. The van der Waals surface area contributed by atoms with E-state index < -0.39 is 87.2 Å². The lowest BCUT2D eigenvalue weighted by molar-refractivity contribution is -0.144. The number of hydrogen-bond donors (Lipinski definition) is 5. The quantitative estimate of drug-likeness (QED) is 0.168. The van der Waals surface area contributed by atoms with Crippen LogP contribution in [0.2, 0.25) is 0 Å². The fourth-order valence-electron chi connectivity index (χ4n) is 5.54. The van der Waals surface area contributed by atoms with Gasteiger partial charge in [0.1, 0.15) is 16.4 Å². The van der Waals surface area contributed by atoms with E-state index in [4.69, 9.17) is 23.2 Å². The average molecular weight is 682 g/mol. The van der Waals surface area contributed by atoms with Gasteiger partial charge in [0.2, 0.25) is 23.5 Å². The maximum atomic E-state index is 14.0. The standard InChI is InChI=1S/C32H46Cl2N6O6/c1-8-12-20(24(42)27(44)36-16-21(41)35-15-18-13-10-9-11-14-18)37-26(43)23-22-19(32(22,33)34)17-40(23)28(45)25(30(2,3)4)38-29(46)39-31(5,6)7/h9-11,13-14,19-20,22-23,25H,8,12,15-17H2,1-7H3,(H,35,41)(H,36,44)(H,37,43)(H2,38,39,46)/t19?,20?,22-,23-,25+/m0/s1. The Balaban J connectivity index is 1.70. The molecule has 1 aromatic rings. The Kier molecular flexibility index (Phi) is 11.8. The van der Waals surface area contributed by atoms with Gasteiger partial charge in [0.25, 0.3) is 5.91 Å². The zero-order chi connectivity index (χ0) is 34.6. The topological polar surface area (TPSA) is 166 Å². The van der Waals surface area contributed by atoms with Gasteiger partial charge < -0.3 is 31.5 Å². The van der Waals surface area contributed by atoms with Crippen LogP contribution >= 0.6 is 23.2 Å². The van der Waals surface area contributed by atoms with E-state index in [0.717, 1.165) is 5.56 Å². The molecule has 3 rings (SSSR count). The molecule has 0 aromatic heterocycles. The van der Waals surface area contributed by atoms with Crippen LogP contribution < -0.4 is 26.6 Å². The molecule has 0 bridgehead atoms. The summed E-state index contributed by atoms with van der Waals surface area (Å²) < 4.78 is -1.25. The van der Waals surface area contributed by atoms with Gasteiger partial charge in [-0.25, -0.2) is 4.79 Å². The molecule has 2 fully saturated rings. The molecule has 2 unspecified atom stereocenters. The van der Waals surface area contributed by atoms with Crippen molar-refractivity contribution in [1.29, 1.82) is 0 Å². The highest BCUT2D eigenvalue weighted by molar-refractivity contribution is 6.51. The third-order valence-electron chi connectivity index (χ3n) is 7.94. The minimum atomic E-state index is -1.25. The molecular weight excluding hydrogens is 635 g/mol. The first-order valence-corrected chi connectivity index (χ1v) is 16.2. The lowest BCUT2D eigenvalue weighted by atomic mass is 9.85. The number of carbonyl (C=O) groups excluding carboxylic acids is 6. The number of hydrogen-bond acceptors (Lipinski definition) is 6. The van der Waals surface area contributed by atoms with Gasteiger partial charge in [-0.2, -0.15) is 0 Å². The molecule has 1 aliphatic carbocycles. The van der Waals surface area contributed by atoms with Gasteiger partial charge in [-0.1, -0.05) is 64.4 Å². The number of fused-ring (bicyclic) bond motifs is 1. The van der Waals surface area contributed by atoms with Crippen LogP contribution in [-0.4, -0.2) is 81.4 Å². The first kappa shape index (κ1) is 37.1. The zero-order valence-electron chi connectivity index (χ0n) is 27.5. The number of nitrogens with one attached hydrogen (secondary N) is 5. The van der Waals surface area contributed by atoms with Gasteiger partial charge in [-0.3, -0.25) is 24.0 Å². The average Bonchev–Trinajstić information content (AvgIpc) is 3.27. The largest absolute Gasteiger partial charge is 0.350 e. The number of likely N-dealkylation sites (tertiary alicyclic amines) is 1. The summed E-state index contributed by atoms with van der Waals surface area (Å²) in [4.78, 5) is 80.0. The fourth-order valence-corrected chi connectivity index (χ4v) is 6.36. The molecule has 12 nitrogen and oxygen atoms in total. The third kappa shape index (κ3) is 9.34. The van der Waals surface area contributed by atoms with Crippen LogP contribution in [0.3, 0.4) is 0 Å². The van der Waals surface area contributed by atoms with Gasteiger partial charge in [0, 0.05) is 30.5 Å². The first-order valence-electron chi connectivity index (χ1n) is 15.5. The second-order valence-corrected chi connectivity index (χ2v) is 15.5. The summed E-state index contributed by atoms with van der Waals surface area (Å²) in [7, 11) is 0. The van der Waals surface area contributed by atoms with Crippen LogP contribution in [0.15, 0.2) is 30.3 Å². The number of amides is 6. The summed E-state index contributed by atoms with van der Waals surface area (Å²) in [6, 6.07) is 5.30. The Morgan fingerprint density at radius 1 is 0.957 bits per heavy atom. The predicted molar refractivity (Wildman–Crippen MR) is 175 cm³/mol. The van der Waals surface area contributed by atoms with Crippen molar-refractivity contribution in [1.82, 2.24) is 31.5 Å². The predicted octanol–water partition coefficient (Wildman–Crippen LogP) is 2.42. The van der Waals surface area contributed by atoms with Crippen molar-refractivity contribution >= 4 is 58.6 Å². The Labute approximate surface area is 280 Å². The summed E-state index contributed by atoms with van der Waals surface area (Å²) in [6.45, 7) is 12.5. The molecule has 6 amide bonds. The van der Waals surface area contributed by atoms with Crippen molar-refractivity contribution < 1.29 is 28.8 Å². The lowest BCUT2D eigenvalue weighted by Gasteiger charge is -2.38. The van der Waals surface area contributed by atoms with E-state index in [0.29, 0.717) is 6.42 Å². The minimum Gasteiger partial charge on any atom is -0.350 e. The minimum absolute atomic E-state index is 0.0781. The van der Waals surface area contributed by atoms with E-state index in [-0.39, 0.29) is 19.5 Å². The van der Waals surface area contributed by atoms with Crippen molar-refractivity contribution in [3.8, 4) is 0 Å². The molecule has 5 atom stereocenters. The molecule has 1 aromatic carbocycles. The smallest absolute Gasteiger partial charge is 0.315 e. The van der Waals surface area contributed by atoms with Gasteiger partial charge in [0.05, 0.1) is 12.6 Å². The molecule has 0 spiro atoms. The summed E-state index contributed by atoms with van der Waals surface area (Å²) in [6.07, 6.45) is 0.591. The maximum absolute atomic E-state index is 14.0. The number of rotatable bonds is 12. The number of Topliss-reactive ketones (excluding diaryl/α,β-unsaturated/α-hetero) is 1. The Bertz CT molecular complexity index is 1330. The molecule has 1 aliphatic heterocycles. The van der Waals surface area contributed by atoms with Crippen molar-refractivity contribution in [2.75, 3.05) is 13.1 Å². The number of halogens is 2. The first-order chi connectivity index (χ1) is 21.3. The molecule has 46 heavy (non-hydrogen) atoms. The van der Waals surface area contributed by atoms with Crippen LogP contribution in [-0.2, 0) is 30.5 Å². The van der Waals surface area contributed by atoms with Crippen LogP contribution in [0, 0.1) is 17.3 Å².